The van der Waals surface area contributed by atoms with Crippen molar-refractivity contribution in [3.8, 4) is 5.75 Å². The van der Waals surface area contributed by atoms with Gasteiger partial charge in [0.2, 0.25) is 0 Å². The van der Waals surface area contributed by atoms with Gasteiger partial charge in [-0.1, -0.05) is 24.3 Å². The Balaban J connectivity index is 2.52. The van der Waals surface area contributed by atoms with E-state index in [1.54, 1.807) is 29.2 Å². The lowest BCUT2D eigenvalue weighted by Gasteiger charge is -2.21. The lowest BCUT2D eigenvalue weighted by molar-refractivity contribution is -0.139. The number of carbonyl (C=O) groups excluding carboxylic acids is 2. The summed E-state index contributed by atoms with van der Waals surface area (Å²) in [6, 6.07) is 7.03. The molecule has 0 aliphatic carbocycles. The first-order valence-electron chi connectivity index (χ1n) is 7.17. The molecule has 1 rings (SSSR count). The molecule has 0 atom stereocenters. The first kappa shape index (κ1) is 17.8. The maximum absolute atomic E-state index is 12.0. The molecule has 0 aliphatic rings. The van der Waals surface area contributed by atoms with Crippen molar-refractivity contribution >= 4 is 11.9 Å². The van der Waals surface area contributed by atoms with E-state index in [1.165, 1.54) is 7.11 Å². The van der Waals surface area contributed by atoms with Crippen LogP contribution in [0.5, 0.6) is 5.75 Å². The van der Waals surface area contributed by atoms with Gasteiger partial charge in [-0.15, -0.1) is 0 Å². The lowest BCUT2D eigenvalue weighted by Crippen LogP contribution is -2.35. The van der Waals surface area contributed by atoms with Gasteiger partial charge in [-0.05, 0) is 31.5 Å². The molecule has 0 fully saturated rings. The summed E-state index contributed by atoms with van der Waals surface area (Å²) in [5.41, 5.74) is 1.77. The van der Waals surface area contributed by atoms with E-state index in [-0.39, 0.29) is 24.9 Å². The van der Waals surface area contributed by atoms with E-state index in [0.717, 1.165) is 11.1 Å². The van der Waals surface area contributed by atoms with Gasteiger partial charge in [-0.3, -0.25) is 9.59 Å². The Morgan fingerprint density at radius 2 is 1.86 bits per heavy atom. The van der Waals surface area contributed by atoms with E-state index in [4.69, 9.17) is 4.74 Å². The highest BCUT2D eigenvalue weighted by Gasteiger charge is 2.12. The van der Waals surface area contributed by atoms with Gasteiger partial charge >= 0.3 is 5.97 Å². The minimum atomic E-state index is -0.290. The van der Waals surface area contributed by atoms with E-state index in [1.807, 2.05) is 13.8 Å². The average Bonchev–Trinajstić information content (AvgIpc) is 2.51. The fourth-order valence-electron chi connectivity index (χ4n) is 1.88. The normalized spacial score (nSPS) is 9.95. The maximum Gasteiger partial charge on any atom is 0.309 e. The number of hydrogen-bond acceptors (Lipinski definition) is 4. The molecule has 1 aromatic rings. The van der Waals surface area contributed by atoms with Gasteiger partial charge in [0.25, 0.3) is 5.91 Å². The lowest BCUT2D eigenvalue weighted by atomic mass is 10.1. The number of esters is 1. The smallest absolute Gasteiger partial charge is 0.309 e. The molecule has 0 N–H and O–H groups in total. The Labute approximate surface area is 131 Å². The van der Waals surface area contributed by atoms with Gasteiger partial charge in [0.05, 0.1) is 13.5 Å². The van der Waals surface area contributed by atoms with Crippen LogP contribution in [0, 0.1) is 0 Å². The summed E-state index contributed by atoms with van der Waals surface area (Å²) in [6.45, 7) is 8.76. The summed E-state index contributed by atoms with van der Waals surface area (Å²) in [5.74, 6) is 0.222. The minimum Gasteiger partial charge on any atom is -0.484 e. The molecule has 120 valence electrons. The van der Waals surface area contributed by atoms with E-state index < -0.39 is 0 Å². The second kappa shape index (κ2) is 8.87. The van der Waals surface area contributed by atoms with Gasteiger partial charge in [-0.2, -0.15) is 0 Å². The summed E-state index contributed by atoms with van der Waals surface area (Å²) in [4.78, 5) is 24.9. The van der Waals surface area contributed by atoms with Crippen LogP contribution >= 0.6 is 0 Å². The van der Waals surface area contributed by atoms with Gasteiger partial charge < -0.3 is 14.4 Å². The number of benzene rings is 1. The van der Waals surface area contributed by atoms with Gasteiger partial charge in [-0.25, -0.2) is 0 Å². The largest absolute Gasteiger partial charge is 0.484 e. The zero-order valence-electron chi connectivity index (χ0n) is 13.4. The summed E-state index contributed by atoms with van der Waals surface area (Å²) >= 11 is 0. The van der Waals surface area contributed by atoms with Crippen molar-refractivity contribution in [2.24, 2.45) is 0 Å². The molecule has 0 bridgehead atoms. The zero-order chi connectivity index (χ0) is 16.5. The molecule has 5 nitrogen and oxygen atoms in total. The van der Waals surface area contributed by atoms with E-state index in [2.05, 4.69) is 11.3 Å². The maximum atomic E-state index is 12.0. The molecule has 22 heavy (non-hydrogen) atoms. The Morgan fingerprint density at radius 3 is 2.36 bits per heavy atom. The van der Waals surface area contributed by atoms with Crippen LogP contribution < -0.4 is 4.74 Å². The van der Waals surface area contributed by atoms with Crippen LogP contribution in [0.15, 0.2) is 36.4 Å². The van der Waals surface area contributed by atoms with Crippen LogP contribution in [0.4, 0.5) is 0 Å². The molecular weight excluding hydrogens is 282 g/mol. The van der Waals surface area contributed by atoms with Crippen LogP contribution in [0.3, 0.4) is 0 Å². The van der Waals surface area contributed by atoms with Crippen LogP contribution in [0.1, 0.15) is 19.4 Å². The van der Waals surface area contributed by atoms with Crippen molar-refractivity contribution in [2.75, 3.05) is 26.8 Å². The van der Waals surface area contributed by atoms with Crippen molar-refractivity contribution in [3.63, 3.8) is 0 Å². The summed E-state index contributed by atoms with van der Waals surface area (Å²) in [7, 11) is 1.36. The second-order valence-electron chi connectivity index (χ2n) is 5.05. The number of rotatable bonds is 8. The van der Waals surface area contributed by atoms with Gasteiger partial charge in [0.15, 0.2) is 6.61 Å². The molecule has 1 aromatic carbocycles. The predicted molar refractivity (Wildman–Crippen MR) is 84.7 cm³/mol. The molecule has 0 aromatic heterocycles. The molecule has 0 radical (unpaired) electrons. The van der Waals surface area contributed by atoms with Crippen LogP contribution in [0.2, 0.25) is 0 Å². The predicted octanol–water partition coefficient (Wildman–Crippen LogP) is 2.21. The number of hydrogen-bond donors (Lipinski definition) is 0. The van der Waals surface area contributed by atoms with Crippen molar-refractivity contribution in [1.82, 2.24) is 4.90 Å². The first-order chi connectivity index (χ1) is 10.5. The molecule has 5 heteroatoms. The number of methoxy groups -OCH3 is 1. The van der Waals surface area contributed by atoms with Crippen LogP contribution in [0.25, 0.3) is 0 Å². The Kier molecular flexibility index (Phi) is 7.16. The molecule has 1 amide bonds. The van der Waals surface area contributed by atoms with Crippen LogP contribution in [-0.4, -0.2) is 43.6 Å². The van der Waals surface area contributed by atoms with E-state index >= 15 is 0 Å². The van der Waals surface area contributed by atoms with Gasteiger partial charge in [0, 0.05) is 13.1 Å². The fourth-order valence-corrected chi connectivity index (χ4v) is 1.88. The van der Waals surface area contributed by atoms with Crippen molar-refractivity contribution < 1.29 is 19.1 Å². The summed E-state index contributed by atoms with van der Waals surface area (Å²) in [5, 5.41) is 0. The standard InChI is InChI=1S/C17H23NO4/c1-5-18(11-13(2)3)16(19)12-22-15-8-6-14(7-9-15)10-17(20)21-4/h6-9H,2,5,10-12H2,1,3-4H3. The van der Waals surface area contributed by atoms with E-state index in [0.29, 0.717) is 18.8 Å². The quantitative estimate of drug-likeness (QED) is 0.546. The van der Waals surface area contributed by atoms with Crippen molar-refractivity contribution in [1.29, 1.82) is 0 Å². The molecule has 0 saturated carbocycles. The molecule has 0 spiro atoms. The Morgan fingerprint density at radius 1 is 1.23 bits per heavy atom. The van der Waals surface area contributed by atoms with E-state index in [9.17, 15) is 9.59 Å². The van der Waals surface area contributed by atoms with Gasteiger partial charge in [0.1, 0.15) is 5.75 Å². The highest BCUT2D eigenvalue weighted by Crippen LogP contribution is 2.13. The third-order valence-corrected chi connectivity index (χ3v) is 3.06. The Hall–Kier alpha value is -2.30. The molecule has 0 unspecified atom stereocenters. The summed E-state index contributed by atoms with van der Waals surface area (Å²) < 4.78 is 10.1. The first-order valence-corrected chi connectivity index (χ1v) is 7.17. The second-order valence-corrected chi connectivity index (χ2v) is 5.05. The summed E-state index contributed by atoms with van der Waals surface area (Å²) in [6.07, 6.45) is 0.220. The highest BCUT2D eigenvalue weighted by molar-refractivity contribution is 5.78. The minimum absolute atomic E-state index is 0.0164. The van der Waals surface area contributed by atoms with Crippen LogP contribution in [-0.2, 0) is 20.7 Å². The highest BCUT2D eigenvalue weighted by atomic mass is 16.5. The number of amides is 1. The third kappa shape index (κ3) is 5.99. The number of ether oxygens (including phenoxy) is 2. The number of carbonyl (C=O) groups is 2. The monoisotopic (exact) mass is 305 g/mol. The number of likely N-dealkylation sites (N-methyl/N-ethyl adjacent to an activating group) is 1. The number of nitrogens with zero attached hydrogens (tertiary/aromatic N) is 1. The molecular formula is C17H23NO4. The molecule has 0 heterocycles. The zero-order valence-corrected chi connectivity index (χ0v) is 13.4. The SMILES string of the molecule is C=C(C)CN(CC)C(=O)COc1ccc(CC(=O)OC)cc1. The Bertz CT molecular complexity index is 522. The average molecular weight is 305 g/mol. The molecule has 0 saturated heterocycles. The topological polar surface area (TPSA) is 55.8 Å². The van der Waals surface area contributed by atoms with Crippen molar-refractivity contribution in [3.05, 3.63) is 42.0 Å². The fraction of sp³-hybridized carbons (Fsp3) is 0.412. The van der Waals surface area contributed by atoms with Crippen molar-refractivity contribution in [2.45, 2.75) is 20.3 Å². The molecule has 0 aliphatic heterocycles. The third-order valence-electron chi connectivity index (χ3n) is 3.06.